The molecule has 1 unspecified atom stereocenters. The van der Waals surface area contributed by atoms with Crippen molar-refractivity contribution in [2.45, 2.75) is 13.0 Å². The molecule has 0 aliphatic carbocycles. The number of nitrogens with one attached hydrogen (secondary N) is 1. The summed E-state index contributed by atoms with van der Waals surface area (Å²) < 4.78 is 0. The van der Waals surface area contributed by atoms with Crippen molar-refractivity contribution in [3.8, 4) is 0 Å². The van der Waals surface area contributed by atoms with E-state index >= 15 is 0 Å². The van der Waals surface area contributed by atoms with E-state index in [0.717, 1.165) is 5.56 Å². The van der Waals surface area contributed by atoms with E-state index in [-0.39, 0.29) is 17.8 Å². The van der Waals surface area contributed by atoms with Crippen molar-refractivity contribution in [3.63, 3.8) is 0 Å². The number of hydrogen-bond donors (Lipinski definition) is 1. The van der Waals surface area contributed by atoms with Crippen molar-refractivity contribution in [1.82, 2.24) is 25.1 Å². The predicted molar refractivity (Wildman–Crippen MR) is 61.1 cm³/mol. The quantitative estimate of drug-likeness (QED) is 0.856. The van der Waals surface area contributed by atoms with Crippen LogP contribution in [0, 0.1) is 0 Å². The molecule has 2 aromatic rings. The first-order chi connectivity index (χ1) is 8.20. The highest BCUT2D eigenvalue weighted by Crippen LogP contribution is 2.18. The van der Waals surface area contributed by atoms with Gasteiger partial charge < -0.3 is 4.90 Å². The van der Waals surface area contributed by atoms with Crippen LogP contribution in [0.25, 0.3) is 0 Å². The zero-order valence-electron chi connectivity index (χ0n) is 9.66. The molecule has 6 nitrogen and oxygen atoms in total. The van der Waals surface area contributed by atoms with Gasteiger partial charge in [-0.25, -0.2) is 4.98 Å². The van der Waals surface area contributed by atoms with Crippen LogP contribution in [-0.4, -0.2) is 38.0 Å². The number of carbonyl (C=O) groups is 1. The minimum Gasteiger partial charge on any atom is -0.332 e. The monoisotopic (exact) mass is 231 g/mol. The van der Waals surface area contributed by atoms with Gasteiger partial charge in [-0.3, -0.25) is 14.9 Å². The molecule has 1 atom stereocenters. The lowest BCUT2D eigenvalue weighted by molar-refractivity contribution is 0.0730. The lowest BCUT2D eigenvalue weighted by Crippen LogP contribution is -2.30. The highest BCUT2D eigenvalue weighted by atomic mass is 16.2. The predicted octanol–water partition coefficient (Wildman–Crippen LogP) is 1.03. The lowest BCUT2D eigenvalue weighted by atomic mass is 10.1. The molecule has 0 saturated heterocycles. The van der Waals surface area contributed by atoms with Crippen LogP contribution in [0.4, 0.5) is 0 Å². The van der Waals surface area contributed by atoms with Crippen molar-refractivity contribution >= 4 is 5.91 Å². The zero-order valence-corrected chi connectivity index (χ0v) is 9.66. The van der Waals surface area contributed by atoms with Crippen molar-refractivity contribution in [2.75, 3.05) is 7.05 Å². The fourth-order valence-electron chi connectivity index (χ4n) is 1.52. The average Bonchev–Trinajstić information content (AvgIpc) is 2.91. The second-order valence-electron chi connectivity index (χ2n) is 3.71. The third-order valence-corrected chi connectivity index (χ3v) is 2.71. The van der Waals surface area contributed by atoms with Crippen molar-refractivity contribution in [2.24, 2.45) is 0 Å². The molecule has 88 valence electrons. The molecule has 0 fully saturated rings. The Kier molecular flexibility index (Phi) is 3.13. The minimum atomic E-state index is -0.188. The topological polar surface area (TPSA) is 74.8 Å². The Morgan fingerprint density at radius 2 is 2.12 bits per heavy atom. The van der Waals surface area contributed by atoms with Gasteiger partial charge in [-0.15, -0.1) is 0 Å². The summed E-state index contributed by atoms with van der Waals surface area (Å²) >= 11 is 0. The Balaban J connectivity index is 2.15. The summed E-state index contributed by atoms with van der Waals surface area (Å²) in [7, 11) is 1.73. The van der Waals surface area contributed by atoms with E-state index < -0.39 is 0 Å². The van der Waals surface area contributed by atoms with Crippen LogP contribution in [0.5, 0.6) is 0 Å². The van der Waals surface area contributed by atoms with Gasteiger partial charge in [0.2, 0.25) is 5.82 Å². The van der Waals surface area contributed by atoms with E-state index in [1.54, 1.807) is 24.3 Å². The normalized spacial score (nSPS) is 12.1. The van der Waals surface area contributed by atoms with Gasteiger partial charge in [0.25, 0.3) is 5.91 Å². The molecule has 0 spiro atoms. The molecule has 2 rings (SSSR count). The fourth-order valence-corrected chi connectivity index (χ4v) is 1.52. The third-order valence-electron chi connectivity index (χ3n) is 2.71. The Morgan fingerprint density at radius 3 is 2.71 bits per heavy atom. The highest BCUT2D eigenvalue weighted by molar-refractivity contribution is 5.90. The van der Waals surface area contributed by atoms with Gasteiger partial charge in [-0.2, -0.15) is 5.10 Å². The summed E-state index contributed by atoms with van der Waals surface area (Å²) in [6.45, 7) is 1.95. The SMILES string of the molecule is CC(c1ccncc1)N(C)C(=O)c1ncn[nH]1. The number of rotatable bonds is 3. The van der Waals surface area contributed by atoms with Crippen LogP contribution < -0.4 is 0 Å². The Hall–Kier alpha value is -2.24. The number of H-pyrrole nitrogens is 1. The Morgan fingerprint density at radius 1 is 1.41 bits per heavy atom. The number of aromatic amines is 1. The number of hydrogen-bond acceptors (Lipinski definition) is 4. The molecule has 0 aliphatic heterocycles. The molecule has 0 bridgehead atoms. The molecule has 0 aromatic carbocycles. The molecule has 0 radical (unpaired) electrons. The maximum Gasteiger partial charge on any atom is 0.291 e. The molecule has 1 N–H and O–H groups in total. The summed E-state index contributed by atoms with van der Waals surface area (Å²) in [6.07, 6.45) is 4.73. The van der Waals surface area contributed by atoms with Gasteiger partial charge in [0.1, 0.15) is 6.33 Å². The van der Waals surface area contributed by atoms with E-state index in [4.69, 9.17) is 0 Å². The van der Waals surface area contributed by atoms with Gasteiger partial charge in [0.05, 0.1) is 6.04 Å². The number of aromatic nitrogens is 4. The smallest absolute Gasteiger partial charge is 0.291 e. The second kappa shape index (κ2) is 4.73. The Bertz CT molecular complexity index is 482. The Labute approximate surface area is 98.7 Å². The minimum absolute atomic E-state index is 0.0457. The first kappa shape index (κ1) is 11.3. The van der Waals surface area contributed by atoms with Gasteiger partial charge >= 0.3 is 0 Å². The van der Waals surface area contributed by atoms with E-state index in [1.807, 2.05) is 19.1 Å². The molecular formula is C11H13N5O. The van der Waals surface area contributed by atoms with Gasteiger partial charge in [-0.05, 0) is 24.6 Å². The molecule has 1 amide bonds. The van der Waals surface area contributed by atoms with Crippen LogP contribution in [0.15, 0.2) is 30.9 Å². The van der Waals surface area contributed by atoms with E-state index in [2.05, 4.69) is 20.2 Å². The molecule has 0 aliphatic rings. The molecule has 0 saturated carbocycles. The van der Waals surface area contributed by atoms with Crippen LogP contribution in [-0.2, 0) is 0 Å². The summed E-state index contributed by atoms with van der Waals surface area (Å²) in [5.41, 5.74) is 1.02. The molecular weight excluding hydrogens is 218 g/mol. The molecule has 17 heavy (non-hydrogen) atoms. The zero-order chi connectivity index (χ0) is 12.3. The first-order valence-corrected chi connectivity index (χ1v) is 5.22. The lowest BCUT2D eigenvalue weighted by Gasteiger charge is -2.24. The molecule has 6 heteroatoms. The summed E-state index contributed by atoms with van der Waals surface area (Å²) in [5, 5.41) is 6.22. The van der Waals surface area contributed by atoms with Gasteiger partial charge in [0.15, 0.2) is 0 Å². The number of pyridine rings is 1. The summed E-state index contributed by atoms with van der Waals surface area (Å²) in [4.78, 5) is 21.4. The van der Waals surface area contributed by atoms with E-state index in [9.17, 15) is 4.79 Å². The maximum absolute atomic E-state index is 12.0. The largest absolute Gasteiger partial charge is 0.332 e. The van der Waals surface area contributed by atoms with Crippen molar-refractivity contribution in [1.29, 1.82) is 0 Å². The van der Waals surface area contributed by atoms with Gasteiger partial charge in [-0.1, -0.05) is 0 Å². The van der Waals surface area contributed by atoms with Crippen LogP contribution in [0.1, 0.15) is 29.1 Å². The average molecular weight is 231 g/mol. The van der Waals surface area contributed by atoms with Gasteiger partial charge in [0, 0.05) is 19.4 Å². The third kappa shape index (κ3) is 2.30. The maximum atomic E-state index is 12.0. The highest BCUT2D eigenvalue weighted by Gasteiger charge is 2.20. The van der Waals surface area contributed by atoms with Crippen molar-refractivity contribution < 1.29 is 4.79 Å². The number of nitrogens with zero attached hydrogens (tertiary/aromatic N) is 4. The summed E-state index contributed by atoms with van der Waals surface area (Å²) in [6, 6.07) is 3.72. The van der Waals surface area contributed by atoms with Crippen LogP contribution in [0.3, 0.4) is 0 Å². The number of amides is 1. The van der Waals surface area contributed by atoms with Crippen LogP contribution in [0.2, 0.25) is 0 Å². The number of carbonyl (C=O) groups excluding carboxylic acids is 1. The fraction of sp³-hybridized carbons (Fsp3) is 0.273. The summed E-state index contributed by atoms with van der Waals surface area (Å²) in [5.74, 6) is 0.0558. The van der Waals surface area contributed by atoms with Crippen molar-refractivity contribution in [3.05, 3.63) is 42.2 Å². The standard InChI is InChI=1S/C11H13N5O/c1-8(9-3-5-12-6-4-9)16(2)11(17)10-13-7-14-15-10/h3-8H,1-2H3,(H,13,14,15). The first-order valence-electron chi connectivity index (χ1n) is 5.22. The van der Waals surface area contributed by atoms with E-state index in [1.165, 1.54) is 6.33 Å². The molecule has 2 aromatic heterocycles. The second-order valence-corrected chi connectivity index (χ2v) is 3.71. The van der Waals surface area contributed by atoms with Crippen LogP contribution >= 0.6 is 0 Å². The molecule has 2 heterocycles. The van der Waals surface area contributed by atoms with E-state index in [0.29, 0.717) is 0 Å².